The Bertz CT molecular complexity index is 3440. The molecule has 1 heteroatoms. The zero-order valence-corrected chi connectivity index (χ0v) is 40.6. The van der Waals surface area contributed by atoms with Crippen molar-refractivity contribution >= 4 is 27.8 Å². The summed E-state index contributed by atoms with van der Waals surface area (Å²) in [7, 11) is 0. The SMILES string of the molecule is CC(C)(C)c1ccc(-c2ccccc2)c(N(c2ccc(-c3ccc4c(c3)C(c3ccccc3)(c3ccccc3)c3ccccc3-4)cc2)c2ccccc2-c2cccc3cccc(C4CCCCC4)c23)c1. The van der Waals surface area contributed by atoms with Crippen molar-refractivity contribution in [2.24, 2.45) is 0 Å². The van der Waals surface area contributed by atoms with E-state index in [-0.39, 0.29) is 5.41 Å². The quantitative estimate of drug-likeness (QED) is 0.140. The second-order valence-electron chi connectivity index (χ2n) is 20.6. The Morgan fingerprint density at radius 3 is 1.67 bits per heavy atom. The van der Waals surface area contributed by atoms with Crippen molar-refractivity contribution in [1.29, 1.82) is 0 Å². The standard InChI is InChI=1S/C69H59N/c1-68(2,3)55-41-45-57(49-22-8-4-9-23-49)66(47-55)70(65-37-19-17-33-61(65)62-35-21-27-51-26-20-34-58(67(51)62)50-24-10-5-11-25-50)56-42-38-48(39-43-56)52-40-44-60-59-32-16-18-36-63(59)69(64(60)46-52,53-28-12-6-13-29-53)54-30-14-7-15-31-54/h4,6-9,12-23,26-47,50H,5,10-11,24-25H2,1-3H3. The zero-order chi connectivity index (χ0) is 47.2. The van der Waals surface area contributed by atoms with Gasteiger partial charge in [-0.2, -0.15) is 0 Å². The molecule has 2 aliphatic rings. The Kier molecular flexibility index (Phi) is 11.2. The lowest BCUT2D eigenvalue weighted by Gasteiger charge is -2.34. The van der Waals surface area contributed by atoms with Gasteiger partial charge < -0.3 is 4.90 Å². The highest BCUT2D eigenvalue weighted by Gasteiger charge is 2.46. The van der Waals surface area contributed by atoms with Gasteiger partial charge in [0.1, 0.15) is 0 Å². The molecular weight excluding hydrogens is 843 g/mol. The number of hydrogen-bond acceptors (Lipinski definition) is 1. The van der Waals surface area contributed by atoms with Crippen LogP contribution in [0.15, 0.2) is 237 Å². The van der Waals surface area contributed by atoms with Crippen LogP contribution in [-0.2, 0) is 10.8 Å². The first-order valence-electron chi connectivity index (χ1n) is 25.4. The van der Waals surface area contributed by atoms with Crippen LogP contribution in [0.2, 0.25) is 0 Å². The molecule has 1 saturated carbocycles. The van der Waals surface area contributed by atoms with Crippen LogP contribution in [0, 0.1) is 0 Å². The molecule has 340 valence electrons. The number of benzene rings is 10. The summed E-state index contributed by atoms with van der Waals surface area (Å²) in [6, 6.07) is 89.0. The van der Waals surface area contributed by atoms with Gasteiger partial charge in [0, 0.05) is 16.8 Å². The minimum absolute atomic E-state index is 0.0640. The van der Waals surface area contributed by atoms with E-state index in [1.165, 1.54) is 121 Å². The molecule has 0 radical (unpaired) electrons. The lowest BCUT2D eigenvalue weighted by atomic mass is 9.67. The summed E-state index contributed by atoms with van der Waals surface area (Å²) in [6.45, 7) is 6.97. The van der Waals surface area contributed by atoms with Gasteiger partial charge in [0.15, 0.2) is 0 Å². The monoisotopic (exact) mass is 901 g/mol. The van der Waals surface area contributed by atoms with E-state index in [1.54, 1.807) is 0 Å². The molecule has 0 atom stereocenters. The molecule has 12 rings (SSSR count). The van der Waals surface area contributed by atoms with Gasteiger partial charge in [-0.05, 0) is 132 Å². The lowest BCUT2D eigenvalue weighted by molar-refractivity contribution is 0.445. The van der Waals surface area contributed by atoms with Crippen molar-refractivity contribution in [3.05, 3.63) is 270 Å². The fourth-order valence-corrected chi connectivity index (χ4v) is 12.1. The predicted octanol–water partition coefficient (Wildman–Crippen LogP) is 19.0. The van der Waals surface area contributed by atoms with E-state index in [0.29, 0.717) is 5.92 Å². The van der Waals surface area contributed by atoms with Gasteiger partial charge in [-0.3, -0.25) is 0 Å². The van der Waals surface area contributed by atoms with Gasteiger partial charge in [0.25, 0.3) is 0 Å². The van der Waals surface area contributed by atoms with Crippen LogP contribution >= 0.6 is 0 Å². The van der Waals surface area contributed by atoms with E-state index in [9.17, 15) is 0 Å². The third-order valence-electron chi connectivity index (χ3n) is 15.5. The van der Waals surface area contributed by atoms with E-state index in [1.807, 2.05) is 0 Å². The molecule has 0 aliphatic heterocycles. The summed E-state index contributed by atoms with van der Waals surface area (Å²) < 4.78 is 0. The summed E-state index contributed by atoms with van der Waals surface area (Å²) in [5.74, 6) is 0.571. The molecular formula is C69H59N. The molecule has 0 amide bonds. The minimum Gasteiger partial charge on any atom is -0.309 e. The molecule has 0 unspecified atom stereocenters. The molecule has 0 saturated heterocycles. The smallest absolute Gasteiger partial charge is 0.0713 e. The summed E-state index contributed by atoms with van der Waals surface area (Å²) >= 11 is 0. The number of para-hydroxylation sites is 1. The maximum Gasteiger partial charge on any atom is 0.0713 e. The fourth-order valence-electron chi connectivity index (χ4n) is 12.1. The van der Waals surface area contributed by atoms with Crippen LogP contribution in [0.4, 0.5) is 17.1 Å². The molecule has 0 N–H and O–H groups in total. The molecule has 70 heavy (non-hydrogen) atoms. The second-order valence-corrected chi connectivity index (χ2v) is 20.6. The highest BCUT2D eigenvalue weighted by molar-refractivity contribution is 6.04. The first-order chi connectivity index (χ1) is 34.4. The number of rotatable bonds is 9. The average molecular weight is 902 g/mol. The molecule has 0 heterocycles. The lowest BCUT2D eigenvalue weighted by Crippen LogP contribution is -2.28. The topological polar surface area (TPSA) is 3.24 Å². The molecule has 10 aromatic rings. The second kappa shape index (κ2) is 18.0. The predicted molar refractivity (Wildman–Crippen MR) is 297 cm³/mol. The maximum atomic E-state index is 2.55. The van der Waals surface area contributed by atoms with Crippen molar-refractivity contribution in [3.8, 4) is 44.5 Å². The van der Waals surface area contributed by atoms with Crippen LogP contribution in [-0.4, -0.2) is 0 Å². The summed E-state index contributed by atoms with van der Waals surface area (Å²) in [4.78, 5) is 2.55. The van der Waals surface area contributed by atoms with Gasteiger partial charge in [-0.15, -0.1) is 0 Å². The summed E-state index contributed by atoms with van der Waals surface area (Å²) in [5, 5.41) is 2.71. The first-order valence-corrected chi connectivity index (χ1v) is 25.4. The largest absolute Gasteiger partial charge is 0.309 e. The summed E-state index contributed by atoms with van der Waals surface area (Å²) in [6.07, 6.45) is 6.45. The molecule has 0 aromatic heterocycles. The average Bonchev–Trinajstić information content (AvgIpc) is 3.72. The maximum absolute atomic E-state index is 2.55. The van der Waals surface area contributed by atoms with Gasteiger partial charge in [-0.1, -0.05) is 246 Å². The van der Waals surface area contributed by atoms with Crippen molar-refractivity contribution in [2.75, 3.05) is 4.90 Å². The van der Waals surface area contributed by atoms with E-state index in [2.05, 4.69) is 262 Å². The Morgan fingerprint density at radius 2 is 0.971 bits per heavy atom. The Hall–Kier alpha value is -7.74. The number of fused-ring (bicyclic) bond motifs is 4. The van der Waals surface area contributed by atoms with E-state index >= 15 is 0 Å². The van der Waals surface area contributed by atoms with Crippen LogP contribution in [0.3, 0.4) is 0 Å². The van der Waals surface area contributed by atoms with Gasteiger partial charge in [0.2, 0.25) is 0 Å². The van der Waals surface area contributed by atoms with Gasteiger partial charge >= 0.3 is 0 Å². The van der Waals surface area contributed by atoms with Crippen LogP contribution in [0.25, 0.3) is 55.3 Å². The van der Waals surface area contributed by atoms with Crippen LogP contribution < -0.4 is 4.90 Å². The molecule has 1 fully saturated rings. The van der Waals surface area contributed by atoms with Crippen molar-refractivity contribution < 1.29 is 0 Å². The molecule has 0 spiro atoms. The first kappa shape index (κ1) is 43.5. The molecule has 0 bridgehead atoms. The van der Waals surface area contributed by atoms with Crippen LogP contribution in [0.1, 0.15) is 92.2 Å². The normalized spacial score (nSPS) is 14.3. The third-order valence-corrected chi connectivity index (χ3v) is 15.5. The van der Waals surface area contributed by atoms with E-state index in [4.69, 9.17) is 0 Å². The Morgan fingerprint density at radius 1 is 0.400 bits per heavy atom. The van der Waals surface area contributed by atoms with Crippen molar-refractivity contribution in [1.82, 2.24) is 0 Å². The highest BCUT2D eigenvalue weighted by atomic mass is 15.1. The van der Waals surface area contributed by atoms with Gasteiger partial charge in [-0.25, -0.2) is 0 Å². The fraction of sp³-hybridized carbons (Fsp3) is 0.159. The number of hydrogen-bond donors (Lipinski definition) is 0. The molecule has 1 nitrogen and oxygen atoms in total. The number of nitrogens with zero attached hydrogens (tertiary/aromatic N) is 1. The minimum atomic E-state index is -0.463. The van der Waals surface area contributed by atoms with Gasteiger partial charge in [0.05, 0.1) is 16.8 Å². The Balaban J connectivity index is 1.06. The zero-order valence-electron chi connectivity index (χ0n) is 40.6. The third kappa shape index (κ3) is 7.47. The van der Waals surface area contributed by atoms with E-state index < -0.39 is 5.41 Å². The molecule has 10 aromatic carbocycles. The van der Waals surface area contributed by atoms with Crippen molar-refractivity contribution in [2.45, 2.75) is 69.6 Å². The van der Waals surface area contributed by atoms with Crippen LogP contribution in [0.5, 0.6) is 0 Å². The highest BCUT2D eigenvalue weighted by Crippen LogP contribution is 2.57. The van der Waals surface area contributed by atoms with E-state index in [0.717, 1.165) is 17.1 Å². The Labute approximate surface area is 414 Å². The van der Waals surface area contributed by atoms with Crippen molar-refractivity contribution in [3.63, 3.8) is 0 Å². The number of anilines is 3. The molecule has 2 aliphatic carbocycles. The summed E-state index contributed by atoms with van der Waals surface area (Å²) in [5.41, 5.74) is 20.8.